The fourth-order valence-electron chi connectivity index (χ4n) is 4.54. The highest BCUT2D eigenvalue weighted by Gasteiger charge is 2.47. The SMILES string of the molecule is CCOC(=O)C1=C(C)NC2=C(C(=O)C(C(=O)OCC)C(C)C2)C1c1ccc(CC)cc1. The Morgan fingerprint density at radius 3 is 2.29 bits per heavy atom. The van der Waals surface area contributed by atoms with Crippen LogP contribution in [0.3, 0.4) is 0 Å². The molecule has 1 aromatic rings. The van der Waals surface area contributed by atoms with Gasteiger partial charge < -0.3 is 14.8 Å². The maximum atomic E-state index is 13.7. The summed E-state index contributed by atoms with van der Waals surface area (Å²) in [5.41, 5.74) is 4.33. The molecule has 1 N–H and O–H groups in total. The van der Waals surface area contributed by atoms with Crippen LogP contribution in [0, 0.1) is 11.8 Å². The van der Waals surface area contributed by atoms with Crippen molar-refractivity contribution in [1.82, 2.24) is 5.32 Å². The fourth-order valence-corrected chi connectivity index (χ4v) is 4.54. The van der Waals surface area contributed by atoms with Crippen molar-refractivity contribution in [3.8, 4) is 0 Å². The van der Waals surface area contributed by atoms with Gasteiger partial charge in [-0.15, -0.1) is 0 Å². The van der Waals surface area contributed by atoms with E-state index in [2.05, 4.69) is 12.2 Å². The van der Waals surface area contributed by atoms with Gasteiger partial charge in [-0.25, -0.2) is 4.79 Å². The van der Waals surface area contributed by atoms with Crippen molar-refractivity contribution < 1.29 is 23.9 Å². The van der Waals surface area contributed by atoms with E-state index in [0.29, 0.717) is 23.3 Å². The van der Waals surface area contributed by atoms with Gasteiger partial charge in [0.05, 0.1) is 18.8 Å². The van der Waals surface area contributed by atoms with Crippen molar-refractivity contribution in [2.75, 3.05) is 13.2 Å². The van der Waals surface area contributed by atoms with Crippen molar-refractivity contribution in [2.45, 2.75) is 53.4 Å². The highest BCUT2D eigenvalue weighted by molar-refractivity contribution is 6.12. The molecule has 0 spiro atoms. The van der Waals surface area contributed by atoms with Gasteiger partial charge >= 0.3 is 11.9 Å². The maximum absolute atomic E-state index is 13.7. The molecule has 166 valence electrons. The van der Waals surface area contributed by atoms with Gasteiger partial charge in [0, 0.05) is 22.9 Å². The zero-order valence-corrected chi connectivity index (χ0v) is 18.9. The van der Waals surface area contributed by atoms with Crippen molar-refractivity contribution in [1.29, 1.82) is 0 Å². The fraction of sp³-hybridized carbons (Fsp3) is 0.480. The van der Waals surface area contributed by atoms with E-state index in [1.54, 1.807) is 13.8 Å². The number of dihydropyridines is 1. The van der Waals surface area contributed by atoms with Gasteiger partial charge in [-0.1, -0.05) is 38.1 Å². The molecule has 3 unspecified atom stereocenters. The summed E-state index contributed by atoms with van der Waals surface area (Å²) in [6, 6.07) is 7.93. The molecule has 1 aliphatic heterocycles. The molecular formula is C25H31NO5. The molecular weight excluding hydrogens is 394 g/mol. The lowest BCUT2D eigenvalue weighted by atomic mass is 9.69. The van der Waals surface area contributed by atoms with Crippen LogP contribution in [0.5, 0.6) is 0 Å². The monoisotopic (exact) mass is 425 g/mol. The third kappa shape index (κ3) is 4.29. The number of rotatable bonds is 6. The molecule has 0 amide bonds. The standard InChI is InChI=1S/C25H31NO5/c1-6-16-9-11-17(12-10-16)21-20(25(29)31-8-3)15(5)26-18-13-14(4)19(23(27)22(18)21)24(28)30-7-2/h9-12,14,19,21,26H,6-8,13H2,1-5H3. The number of aryl methyl sites for hydroxylation is 1. The minimum Gasteiger partial charge on any atom is -0.465 e. The minimum absolute atomic E-state index is 0.196. The van der Waals surface area contributed by atoms with Gasteiger partial charge in [-0.3, -0.25) is 9.59 Å². The molecule has 1 heterocycles. The molecule has 6 nitrogen and oxygen atoms in total. The second kappa shape index (κ2) is 9.50. The van der Waals surface area contributed by atoms with Crippen molar-refractivity contribution >= 4 is 17.7 Å². The summed E-state index contributed by atoms with van der Waals surface area (Å²) in [4.78, 5) is 39.2. The number of Topliss-reactive ketones (excluding diaryl/α,β-unsaturated/α-hetero) is 1. The van der Waals surface area contributed by atoms with Crippen molar-refractivity contribution in [2.24, 2.45) is 11.8 Å². The summed E-state index contributed by atoms with van der Waals surface area (Å²) in [7, 11) is 0. The van der Waals surface area contributed by atoms with Crippen molar-refractivity contribution in [3.63, 3.8) is 0 Å². The van der Waals surface area contributed by atoms with Gasteiger partial charge in [-0.2, -0.15) is 0 Å². The number of ether oxygens (including phenoxy) is 2. The molecule has 0 saturated carbocycles. The van der Waals surface area contributed by atoms with E-state index < -0.39 is 23.8 Å². The van der Waals surface area contributed by atoms with Crippen LogP contribution >= 0.6 is 0 Å². The number of carbonyl (C=O) groups excluding carboxylic acids is 3. The molecule has 0 saturated heterocycles. The van der Waals surface area contributed by atoms with Crippen LogP contribution in [0.15, 0.2) is 46.8 Å². The van der Waals surface area contributed by atoms with Crippen LogP contribution < -0.4 is 5.32 Å². The summed E-state index contributed by atoms with van der Waals surface area (Å²) in [6.45, 7) is 9.72. The number of ketones is 1. The summed E-state index contributed by atoms with van der Waals surface area (Å²) in [5, 5.41) is 3.27. The molecule has 1 aromatic carbocycles. The third-order valence-corrected chi connectivity index (χ3v) is 6.05. The quantitative estimate of drug-likeness (QED) is 0.551. The van der Waals surface area contributed by atoms with Gasteiger partial charge in [0.2, 0.25) is 0 Å². The van der Waals surface area contributed by atoms with Gasteiger partial charge in [0.1, 0.15) is 5.92 Å². The van der Waals surface area contributed by atoms with Gasteiger partial charge in [0.25, 0.3) is 0 Å². The Kier molecular flexibility index (Phi) is 6.98. The first-order chi connectivity index (χ1) is 14.8. The van der Waals surface area contributed by atoms with Crippen LogP contribution in [-0.4, -0.2) is 30.9 Å². The Labute approximate surface area is 183 Å². The molecule has 3 rings (SSSR count). The highest BCUT2D eigenvalue weighted by Crippen LogP contribution is 2.45. The van der Waals surface area contributed by atoms with Crippen LogP contribution in [0.4, 0.5) is 0 Å². The first kappa shape index (κ1) is 22.8. The van der Waals surface area contributed by atoms with E-state index in [4.69, 9.17) is 9.47 Å². The summed E-state index contributed by atoms with van der Waals surface area (Å²) in [5.74, 6) is -2.90. The first-order valence-corrected chi connectivity index (χ1v) is 11.0. The summed E-state index contributed by atoms with van der Waals surface area (Å²) >= 11 is 0. The minimum atomic E-state index is -0.875. The second-order valence-corrected chi connectivity index (χ2v) is 8.08. The maximum Gasteiger partial charge on any atom is 0.336 e. The zero-order chi connectivity index (χ0) is 22.7. The lowest BCUT2D eigenvalue weighted by Crippen LogP contribution is -2.43. The van der Waals surface area contributed by atoms with E-state index in [1.807, 2.05) is 38.1 Å². The molecule has 3 atom stereocenters. The largest absolute Gasteiger partial charge is 0.465 e. The Bertz CT molecular complexity index is 941. The normalized spacial score (nSPS) is 23.3. The number of hydrogen-bond donors (Lipinski definition) is 1. The number of nitrogens with one attached hydrogen (secondary N) is 1. The summed E-state index contributed by atoms with van der Waals surface area (Å²) in [6.07, 6.45) is 1.42. The predicted octanol–water partition coefficient (Wildman–Crippen LogP) is 3.82. The topological polar surface area (TPSA) is 81.7 Å². The molecule has 2 aliphatic rings. The van der Waals surface area contributed by atoms with Crippen molar-refractivity contribution in [3.05, 3.63) is 57.9 Å². The van der Waals surface area contributed by atoms with Crippen LogP contribution in [0.1, 0.15) is 58.1 Å². The molecule has 0 radical (unpaired) electrons. The predicted molar refractivity (Wildman–Crippen MR) is 117 cm³/mol. The first-order valence-electron chi connectivity index (χ1n) is 11.0. The molecule has 6 heteroatoms. The Hall–Kier alpha value is -2.89. The van der Waals surface area contributed by atoms with Crippen LogP contribution in [-0.2, 0) is 30.3 Å². The molecule has 0 bridgehead atoms. The number of allylic oxidation sites excluding steroid dienone is 3. The van der Waals surface area contributed by atoms with Gasteiger partial charge in [-0.05, 0) is 50.7 Å². The van der Waals surface area contributed by atoms with E-state index in [9.17, 15) is 14.4 Å². The second-order valence-electron chi connectivity index (χ2n) is 8.08. The Balaban J connectivity index is 2.14. The molecule has 0 aromatic heterocycles. The number of hydrogen-bond acceptors (Lipinski definition) is 6. The van der Waals surface area contributed by atoms with Crippen LogP contribution in [0.2, 0.25) is 0 Å². The highest BCUT2D eigenvalue weighted by atomic mass is 16.5. The third-order valence-electron chi connectivity index (χ3n) is 6.05. The summed E-state index contributed by atoms with van der Waals surface area (Å²) < 4.78 is 10.5. The lowest BCUT2D eigenvalue weighted by Gasteiger charge is -2.38. The van der Waals surface area contributed by atoms with E-state index in [-0.39, 0.29) is 24.9 Å². The van der Waals surface area contributed by atoms with Crippen LogP contribution in [0.25, 0.3) is 0 Å². The Morgan fingerprint density at radius 1 is 1.06 bits per heavy atom. The smallest absolute Gasteiger partial charge is 0.336 e. The lowest BCUT2D eigenvalue weighted by molar-refractivity contribution is -0.153. The average Bonchev–Trinajstić information content (AvgIpc) is 2.73. The van der Waals surface area contributed by atoms with E-state index in [0.717, 1.165) is 17.7 Å². The van der Waals surface area contributed by atoms with Gasteiger partial charge in [0.15, 0.2) is 5.78 Å². The van der Waals surface area contributed by atoms with E-state index in [1.165, 1.54) is 5.56 Å². The Morgan fingerprint density at radius 2 is 1.71 bits per heavy atom. The molecule has 0 fully saturated rings. The molecule has 31 heavy (non-hydrogen) atoms. The number of benzene rings is 1. The number of carbonyl (C=O) groups is 3. The molecule has 1 aliphatic carbocycles. The average molecular weight is 426 g/mol. The number of esters is 2. The zero-order valence-electron chi connectivity index (χ0n) is 18.9. The van der Waals surface area contributed by atoms with E-state index >= 15 is 0 Å².